The van der Waals surface area contributed by atoms with Gasteiger partial charge in [0.15, 0.2) is 12.3 Å². The highest BCUT2D eigenvalue weighted by Crippen LogP contribution is 2.45. The Balaban J connectivity index is 1.56. The first-order valence-electron chi connectivity index (χ1n) is 11.0. The van der Waals surface area contributed by atoms with Gasteiger partial charge in [0.1, 0.15) is 17.8 Å². The Morgan fingerprint density at radius 2 is 1.61 bits per heavy atom. The van der Waals surface area contributed by atoms with Gasteiger partial charge in [-0.15, -0.1) is 11.8 Å². The van der Waals surface area contributed by atoms with Gasteiger partial charge in [-0.1, -0.05) is 36.4 Å². The summed E-state index contributed by atoms with van der Waals surface area (Å²) in [7, 11) is 0. The largest absolute Gasteiger partial charge is 0.461 e. The molecule has 1 amide bonds. The van der Waals surface area contributed by atoms with Crippen molar-refractivity contribution < 1.29 is 28.2 Å². The number of amides is 1. The van der Waals surface area contributed by atoms with Crippen LogP contribution in [0.3, 0.4) is 0 Å². The van der Waals surface area contributed by atoms with E-state index in [0.29, 0.717) is 5.56 Å². The van der Waals surface area contributed by atoms with Crippen molar-refractivity contribution in [3.8, 4) is 0 Å². The van der Waals surface area contributed by atoms with Crippen LogP contribution in [0.15, 0.2) is 77.7 Å². The van der Waals surface area contributed by atoms with Gasteiger partial charge in [0.25, 0.3) is 0 Å². The van der Waals surface area contributed by atoms with Crippen molar-refractivity contribution in [3.63, 3.8) is 0 Å². The fraction of sp³-hybridized carbons (Fsp3) is 0.240. The summed E-state index contributed by atoms with van der Waals surface area (Å²) in [5.41, 5.74) is -0.242. The van der Waals surface area contributed by atoms with Gasteiger partial charge in [-0.25, -0.2) is 18.8 Å². The monoisotopic (exact) mass is 511 g/mol. The SMILES string of the molecule is CC(=O)Nc1ccn([C@H]2S[C@H](COC(=O)c3ccccc3)[C@@H](OC(=O)c3ccccc3)[C@@H]2F)c(=O)n1. The Kier molecular flexibility index (Phi) is 7.79. The topological polar surface area (TPSA) is 117 Å². The van der Waals surface area contributed by atoms with Crippen LogP contribution in [0.2, 0.25) is 0 Å². The molecule has 1 aliphatic rings. The minimum Gasteiger partial charge on any atom is -0.461 e. The standard InChI is InChI=1S/C25H22FN3O6S/c1-15(30)27-19-12-13-29(25(33)28-19)22-20(26)21(35-24(32)17-10-6-3-7-11-17)18(36-22)14-34-23(31)16-8-4-2-5-9-16/h2-13,18,20-22H,14H2,1H3,(H,27,28,30,33)/t18-,20+,21-,22+/m1/s1. The molecule has 36 heavy (non-hydrogen) atoms. The minimum absolute atomic E-state index is 0.0301. The number of anilines is 1. The van der Waals surface area contributed by atoms with Crippen LogP contribution in [0.1, 0.15) is 33.0 Å². The lowest BCUT2D eigenvalue weighted by molar-refractivity contribution is -0.114. The van der Waals surface area contributed by atoms with Gasteiger partial charge in [0.2, 0.25) is 5.91 Å². The third kappa shape index (κ3) is 5.80. The van der Waals surface area contributed by atoms with Crippen molar-refractivity contribution in [3.05, 3.63) is 94.5 Å². The smallest absolute Gasteiger partial charge is 0.350 e. The number of nitrogens with zero attached hydrogens (tertiary/aromatic N) is 2. The summed E-state index contributed by atoms with van der Waals surface area (Å²) in [6.45, 7) is 1.01. The zero-order valence-electron chi connectivity index (χ0n) is 19.1. The predicted octanol–water partition coefficient (Wildman–Crippen LogP) is 3.24. The van der Waals surface area contributed by atoms with Crippen LogP contribution in [-0.2, 0) is 14.3 Å². The molecule has 1 aliphatic heterocycles. The van der Waals surface area contributed by atoms with Gasteiger partial charge in [-0.05, 0) is 30.3 Å². The maximum absolute atomic E-state index is 15.7. The second-order valence-electron chi connectivity index (χ2n) is 7.89. The third-order valence-electron chi connectivity index (χ3n) is 5.32. The number of carbonyl (C=O) groups is 3. The molecule has 11 heteroatoms. The molecule has 0 saturated carbocycles. The molecule has 3 aromatic rings. The van der Waals surface area contributed by atoms with Crippen LogP contribution in [0.4, 0.5) is 10.2 Å². The van der Waals surface area contributed by atoms with Gasteiger partial charge in [-0.2, -0.15) is 4.98 Å². The second-order valence-corrected chi connectivity index (χ2v) is 9.25. The van der Waals surface area contributed by atoms with E-state index in [9.17, 15) is 19.2 Å². The number of thioether (sulfide) groups is 1. The Labute approximate surface area is 209 Å². The van der Waals surface area contributed by atoms with Crippen molar-refractivity contribution in [1.82, 2.24) is 9.55 Å². The summed E-state index contributed by atoms with van der Waals surface area (Å²) < 4.78 is 27.7. The number of nitrogens with one attached hydrogen (secondary N) is 1. The molecule has 0 bridgehead atoms. The normalized spacial score (nSPS) is 20.9. The fourth-order valence-corrected chi connectivity index (χ4v) is 5.09. The van der Waals surface area contributed by atoms with Crippen LogP contribution < -0.4 is 11.0 Å². The molecule has 2 aromatic carbocycles. The molecule has 0 unspecified atom stereocenters. The van der Waals surface area contributed by atoms with Crippen LogP contribution in [0.25, 0.3) is 0 Å². The van der Waals surface area contributed by atoms with E-state index in [1.807, 2.05) is 0 Å². The maximum Gasteiger partial charge on any atom is 0.350 e. The average molecular weight is 512 g/mol. The van der Waals surface area contributed by atoms with Crippen molar-refractivity contribution >= 4 is 35.4 Å². The third-order valence-corrected chi connectivity index (χ3v) is 6.84. The number of aromatic nitrogens is 2. The molecule has 9 nitrogen and oxygen atoms in total. The highest BCUT2D eigenvalue weighted by Gasteiger charge is 2.49. The van der Waals surface area contributed by atoms with E-state index in [1.165, 1.54) is 31.3 Å². The minimum atomic E-state index is -1.81. The summed E-state index contributed by atoms with van der Waals surface area (Å²) >= 11 is 0.994. The van der Waals surface area contributed by atoms with Gasteiger partial charge in [0.05, 0.1) is 16.4 Å². The van der Waals surface area contributed by atoms with E-state index in [-0.39, 0.29) is 18.0 Å². The summed E-state index contributed by atoms with van der Waals surface area (Å²) in [5.74, 6) is -1.73. The lowest BCUT2D eigenvalue weighted by Crippen LogP contribution is -2.37. The fourth-order valence-electron chi connectivity index (χ4n) is 3.63. The Hall–Kier alpha value is -3.99. The van der Waals surface area contributed by atoms with E-state index in [4.69, 9.17) is 9.47 Å². The number of alkyl halides is 1. The lowest BCUT2D eigenvalue weighted by atomic mass is 10.1. The summed E-state index contributed by atoms with van der Waals surface area (Å²) in [4.78, 5) is 52.7. The highest BCUT2D eigenvalue weighted by atomic mass is 32.2. The van der Waals surface area contributed by atoms with E-state index in [0.717, 1.165) is 16.3 Å². The molecule has 2 heterocycles. The molecule has 1 fully saturated rings. The van der Waals surface area contributed by atoms with E-state index >= 15 is 4.39 Å². The number of ether oxygens (including phenoxy) is 2. The highest BCUT2D eigenvalue weighted by molar-refractivity contribution is 8.00. The second kappa shape index (κ2) is 11.2. The summed E-state index contributed by atoms with van der Waals surface area (Å²) in [5, 5.41) is 0.489. The lowest BCUT2D eigenvalue weighted by Gasteiger charge is -2.21. The Morgan fingerprint density at radius 1 is 1.00 bits per heavy atom. The molecule has 0 spiro atoms. The number of rotatable bonds is 7. The summed E-state index contributed by atoms with van der Waals surface area (Å²) in [6.07, 6.45) is -1.81. The van der Waals surface area contributed by atoms with Crippen LogP contribution in [-0.4, -0.2) is 51.5 Å². The quantitative estimate of drug-likeness (QED) is 0.481. The first-order valence-corrected chi connectivity index (χ1v) is 11.9. The zero-order chi connectivity index (χ0) is 25.7. The number of hydrogen-bond acceptors (Lipinski definition) is 8. The maximum atomic E-state index is 15.7. The first kappa shape index (κ1) is 25.1. The molecule has 4 atom stereocenters. The molecular formula is C25H22FN3O6S. The van der Waals surface area contributed by atoms with Crippen molar-refractivity contribution in [2.24, 2.45) is 0 Å². The molecular weight excluding hydrogens is 489 g/mol. The van der Waals surface area contributed by atoms with Crippen LogP contribution >= 0.6 is 11.8 Å². The van der Waals surface area contributed by atoms with E-state index < -0.39 is 46.4 Å². The molecule has 1 N–H and O–H groups in total. The zero-order valence-corrected chi connectivity index (χ0v) is 19.9. The van der Waals surface area contributed by atoms with E-state index in [2.05, 4.69) is 10.3 Å². The Morgan fingerprint density at radius 3 is 2.19 bits per heavy atom. The average Bonchev–Trinajstić information content (AvgIpc) is 3.18. The first-order chi connectivity index (χ1) is 17.3. The number of carbonyl (C=O) groups excluding carboxylic acids is 3. The van der Waals surface area contributed by atoms with Crippen LogP contribution in [0, 0.1) is 0 Å². The van der Waals surface area contributed by atoms with Crippen molar-refractivity contribution in [1.29, 1.82) is 0 Å². The van der Waals surface area contributed by atoms with Crippen LogP contribution in [0.5, 0.6) is 0 Å². The molecule has 1 saturated heterocycles. The molecule has 0 aliphatic carbocycles. The molecule has 4 rings (SSSR count). The van der Waals surface area contributed by atoms with Crippen molar-refractivity contribution in [2.75, 3.05) is 11.9 Å². The summed E-state index contributed by atoms with van der Waals surface area (Å²) in [6, 6.07) is 17.8. The van der Waals surface area contributed by atoms with E-state index in [1.54, 1.807) is 48.5 Å². The van der Waals surface area contributed by atoms with Crippen molar-refractivity contribution in [2.45, 2.75) is 29.8 Å². The number of esters is 2. The number of benzene rings is 2. The Bertz CT molecular complexity index is 1300. The van der Waals surface area contributed by atoms with Gasteiger partial charge in [0, 0.05) is 13.1 Å². The molecule has 186 valence electrons. The molecule has 1 aromatic heterocycles. The number of hydrogen-bond donors (Lipinski definition) is 1. The predicted molar refractivity (Wildman–Crippen MR) is 130 cm³/mol. The molecule has 0 radical (unpaired) electrons. The van der Waals surface area contributed by atoms with Gasteiger partial charge < -0.3 is 14.8 Å². The number of halogens is 1. The van der Waals surface area contributed by atoms with Gasteiger partial charge in [-0.3, -0.25) is 9.36 Å². The van der Waals surface area contributed by atoms with Gasteiger partial charge >= 0.3 is 17.6 Å².